The Kier molecular flexibility index (Phi) is 6.17. The highest BCUT2D eigenvalue weighted by Gasteiger charge is 2.17. The highest BCUT2D eigenvalue weighted by molar-refractivity contribution is 5.88. The lowest BCUT2D eigenvalue weighted by Crippen LogP contribution is -2.36. The molecule has 6 heteroatoms. The first-order chi connectivity index (χ1) is 9.81. The summed E-state index contributed by atoms with van der Waals surface area (Å²) in [6, 6.07) is 6.58. The Morgan fingerprint density at radius 1 is 1.19 bits per heavy atom. The Morgan fingerprint density at radius 3 is 2.38 bits per heavy atom. The zero-order valence-corrected chi connectivity index (χ0v) is 12.6. The van der Waals surface area contributed by atoms with E-state index in [0.29, 0.717) is 13.1 Å². The number of hydrogen-bond donors (Lipinski definition) is 2. The number of likely N-dealkylation sites (N-methyl/N-ethyl adjacent to an activating group) is 1. The first-order valence-electron chi connectivity index (χ1n) is 6.77. The molecule has 0 bridgehead atoms. The molecule has 116 valence electrons. The second-order valence-electron chi connectivity index (χ2n) is 5.34. The van der Waals surface area contributed by atoms with Gasteiger partial charge >= 0.3 is 11.9 Å². The minimum absolute atomic E-state index is 0.199. The molecule has 0 aromatic heterocycles. The van der Waals surface area contributed by atoms with Gasteiger partial charge in [-0.1, -0.05) is 13.0 Å². The maximum absolute atomic E-state index is 11.1. The summed E-state index contributed by atoms with van der Waals surface area (Å²) >= 11 is 0. The van der Waals surface area contributed by atoms with Crippen LogP contribution in [0.1, 0.15) is 17.3 Å². The minimum Gasteiger partial charge on any atom is -0.481 e. The molecule has 0 radical (unpaired) electrons. The van der Waals surface area contributed by atoms with Crippen LogP contribution in [0.3, 0.4) is 0 Å². The van der Waals surface area contributed by atoms with E-state index in [1.807, 2.05) is 23.9 Å². The highest BCUT2D eigenvalue weighted by Crippen LogP contribution is 2.18. The topological polar surface area (TPSA) is 81.1 Å². The van der Waals surface area contributed by atoms with Crippen molar-refractivity contribution in [1.29, 1.82) is 0 Å². The minimum atomic E-state index is -0.990. The Hall–Kier alpha value is -2.08. The molecule has 0 amide bonds. The summed E-state index contributed by atoms with van der Waals surface area (Å²) in [5, 5.41) is 18.1. The van der Waals surface area contributed by atoms with Crippen LogP contribution < -0.4 is 4.90 Å². The van der Waals surface area contributed by atoms with E-state index < -0.39 is 17.9 Å². The largest absolute Gasteiger partial charge is 0.481 e. The van der Waals surface area contributed by atoms with Crippen LogP contribution in [-0.4, -0.2) is 60.8 Å². The number of aliphatic carboxylic acids is 1. The van der Waals surface area contributed by atoms with Crippen molar-refractivity contribution in [2.45, 2.75) is 6.92 Å². The quantitative estimate of drug-likeness (QED) is 0.756. The van der Waals surface area contributed by atoms with E-state index in [2.05, 4.69) is 0 Å². The number of benzene rings is 1. The first kappa shape index (κ1) is 17.0. The lowest BCUT2D eigenvalue weighted by molar-refractivity contribution is -0.140. The van der Waals surface area contributed by atoms with Crippen LogP contribution in [-0.2, 0) is 4.79 Å². The lowest BCUT2D eigenvalue weighted by Gasteiger charge is -2.28. The van der Waals surface area contributed by atoms with Crippen molar-refractivity contribution in [3.8, 4) is 0 Å². The Balaban J connectivity index is 2.96. The standard InChI is InChI=1S/C15H22N2O4/c1-11(14(18)19)10-17(8-7-16(2)3)13-6-4-5-12(9-13)15(20)21/h4-6,9,11H,7-8,10H2,1-3H3,(H,18,19)(H,20,21). The number of rotatable bonds is 8. The molecule has 1 aromatic carbocycles. The maximum Gasteiger partial charge on any atom is 0.335 e. The average molecular weight is 294 g/mol. The number of aromatic carboxylic acids is 1. The fourth-order valence-electron chi connectivity index (χ4n) is 1.89. The monoisotopic (exact) mass is 294 g/mol. The van der Waals surface area contributed by atoms with Crippen molar-refractivity contribution < 1.29 is 19.8 Å². The van der Waals surface area contributed by atoms with Crippen LogP contribution in [0.15, 0.2) is 24.3 Å². The zero-order chi connectivity index (χ0) is 16.0. The molecule has 0 fully saturated rings. The number of nitrogens with zero attached hydrogens (tertiary/aromatic N) is 2. The third kappa shape index (κ3) is 5.43. The van der Waals surface area contributed by atoms with E-state index in [-0.39, 0.29) is 5.56 Å². The number of carboxylic acid groups (broad SMARTS) is 2. The fourth-order valence-corrected chi connectivity index (χ4v) is 1.89. The first-order valence-corrected chi connectivity index (χ1v) is 6.77. The highest BCUT2D eigenvalue weighted by atomic mass is 16.4. The predicted octanol–water partition coefficient (Wildman–Crippen LogP) is 1.47. The maximum atomic E-state index is 11.1. The molecule has 1 aromatic rings. The molecule has 0 saturated heterocycles. The third-order valence-corrected chi connectivity index (χ3v) is 3.19. The fraction of sp³-hybridized carbons (Fsp3) is 0.467. The molecule has 0 aliphatic heterocycles. The molecule has 2 N–H and O–H groups in total. The summed E-state index contributed by atoms with van der Waals surface area (Å²) in [4.78, 5) is 26.0. The van der Waals surface area contributed by atoms with Crippen molar-refractivity contribution >= 4 is 17.6 Å². The summed E-state index contributed by atoms with van der Waals surface area (Å²) in [7, 11) is 3.87. The summed E-state index contributed by atoms with van der Waals surface area (Å²) in [6.45, 7) is 3.37. The van der Waals surface area contributed by atoms with Crippen LogP contribution in [0.2, 0.25) is 0 Å². The Morgan fingerprint density at radius 2 is 1.86 bits per heavy atom. The molecule has 0 heterocycles. The lowest BCUT2D eigenvalue weighted by atomic mass is 10.1. The van der Waals surface area contributed by atoms with Gasteiger partial charge in [0.2, 0.25) is 0 Å². The van der Waals surface area contributed by atoms with E-state index in [1.54, 1.807) is 25.1 Å². The number of carboxylic acids is 2. The van der Waals surface area contributed by atoms with Gasteiger partial charge in [0.1, 0.15) is 0 Å². The van der Waals surface area contributed by atoms with Crippen LogP contribution in [0, 0.1) is 5.92 Å². The van der Waals surface area contributed by atoms with Gasteiger partial charge in [-0.3, -0.25) is 4.79 Å². The molecule has 0 aliphatic carbocycles. The van der Waals surface area contributed by atoms with Crippen molar-refractivity contribution in [3.63, 3.8) is 0 Å². The summed E-state index contributed by atoms with van der Waals surface area (Å²) in [6.07, 6.45) is 0. The zero-order valence-electron chi connectivity index (χ0n) is 12.6. The van der Waals surface area contributed by atoms with Crippen molar-refractivity contribution in [2.75, 3.05) is 38.6 Å². The summed E-state index contributed by atoms with van der Waals surface area (Å²) in [5.41, 5.74) is 0.926. The average Bonchev–Trinajstić information content (AvgIpc) is 2.42. The molecule has 6 nitrogen and oxygen atoms in total. The van der Waals surface area contributed by atoms with Crippen LogP contribution in [0.25, 0.3) is 0 Å². The van der Waals surface area contributed by atoms with Crippen LogP contribution in [0.4, 0.5) is 5.69 Å². The molecule has 0 aliphatic rings. The Labute approximate surface area is 124 Å². The third-order valence-electron chi connectivity index (χ3n) is 3.19. The molecule has 0 spiro atoms. The Bertz CT molecular complexity index is 502. The summed E-state index contributed by atoms with van der Waals surface area (Å²) in [5.74, 6) is -2.38. The van der Waals surface area contributed by atoms with Gasteiger partial charge in [0, 0.05) is 25.3 Å². The van der Waals surface area contributed by atoms with E-state index in [4.69, 9.17) is 10.2 Å². The summed E-state index contributed by atoms with van der Waals surface area (Å²) < 4.78 is 0. The van der Waals surface area contributed by atoms with Crippen molar-refractivity contribution in [3.05, 3.63) is 29.8 Å². The number of anilines is 1. The molecule has 0 saturated carbocycles. The van der Waals surface area contributed by atoms with Gasteiger partial charge in [0.05, 0.1) is 11.5 Å². The SMILES string of the molecule is CC(CN(CCN(C)C)c1cccc(C(=O)O)c1)C(=O)O. The molecule has 1 unspecified atom stereocenters. The van der Waals surface area contributed by atoms with Gasteiger partial charge in [-0.05, 0) is 32.3 Å². The van der Waals surface area contributed by atoms with Gasteiger partial charge in [0.25, 0.3) is 0 Å². The van der Waals surface area contributed by atoms with Crippen LogP contribution in [0.5, 0.6) is 0 Å². The van der Waals surface area contributed by atoms with E-state index >= 15 is 0 Å². The molecule has 1 atom stereocenters. The van der Waals surface area contributed by atoms with Gasteiger partial charge in [-0.15, -0.1) is 0 Å². The van der Waals surface area contributed by atoms with Gasteiger partial charge in [-0.2, -0.15) is 0 Å². The molecule has 1 rings (SSSR count). The van der Waals surface area contributed by atoms with Gasteiger partial charge in [-0.25, -0.2) is 4.79 Å². The smallest absolute Gasteiger partial charge is 0.335 e. The van der Waals surface area contributed by atoms with Crippen molar-refractivity contribution in [2.24, 2.45) is 5.92 Å². The van der Waals surface area contributed by atoms with Gasteiger partial charge < -0.3 is 20.0 Å². The second-order valence-corrected chi connectivity index (χ2v) is 5.34. The van der Waals surface area contributed by atoms with E-state index in [9.17, 15) is 9.59 Å². The van der Waals surface area contributed by atoms with E-state index in [1.165, 1.54) is 6.07 Å². The normalized spacial score (nSPS) is 12.2. The molecule has 21 heavy (non-hydrogen) atoms. The predicted molar refractivity (Wildman–Crippen MR) is 81.0 cm³/mol. The van der Waals surface area contributed by atoms with Crippen LogP contribution >= 0.6 is 0 Å². The van der Waals surface area contributed by atoms with Crippen molar-refractivity contribution in [1.82, 2.24) is 4.90 Å². The second kappa shape index (κ2) is 7.64. The number of hydrogen-bond acceptors (Lipinski definition) is 4. The molecular weight excluding hydrogens is 272 g/mol. The molecular formula is C15H22N2O4. The van der Waals surface area contributed by atoms with Gasteiger partial charge in [0.15, 0.2) is 0 Å². The number of carbonyl (C=O) groups is 2. The van der Waals surface area contributed by atoms with E-state index in [0.717, 1.165) is 12.2 Å².